The maximum atomic E-state index is 4.98. The van der Waals surface area contributed by atoms with E-state index in [1.165, 1.54) is 0 Å². The highest BCUT2D eigenvalue weighted by Crippen LogP contribution is 1.90. The minimum absolute atomic E-state index is 0.334. The molecule has 1 heterocycles. The molecule has 5 heteroatoms. The van der Waals surface area contributed by atoms with Crippen molar-refractivity contribution in [2.24, 2.45) is 5.84 Å². The van der Waals surface area contributed by atoms with E-state index in [2.05, 4.69) is 20.6 Å². The number of nitrogens with one attached hydrogen (secondary N) is 1. The zero-order valence-corrected chi connectivity index (χ0v) is 5.00. The second-order valence-corrected chi connectivity index (χ2v) is 1.57. The first-order chi connectivity index (χ1) is 4.33. The molecule has 0 aliphatic heterocycles. The molecule has 48 valence electrons. The Hall–Kier alpha value is -1.23. The van der Waals surface area contributed by atoms with Crippen LogP contribution in [0.1, 0.15) is 5.69 Å². The number of aromatic nitrogens is 3. The Labute approximate surface area is 52.3 Å². The molecule has 0 bridgehead atoms. The highest BCUT2D eigenvalue weighted by molar-refractivity contribution is 5.17. The number of aryl methyl sites for hydroxylation is 1. The molecule has 0 saturated heterocycles. The Morgan fingerprint density at radius 3 is 2.78 bits per heavy atom. The third kappa shape index (κ3) is 1.33. The number of anilines is 1. The number of hydrogen-bond acceptors (Lipinski definition) is 5. The lowest BCUT2D eigenvalue weighted by Crippen LogP contribution is -2.11. The van der Waals surface area contributed by atoms with Crippen molar-refractivity contribution in [1.29, 1.82) is 0 Å². The van der Waals surface area contributed by atoms with Gasteiger partial charge in [0.2, 0.25) is 0 Å². The van der Waals surface area contributed by atoms with Crippen molar-refractivity contribution in [2.75, 3.05) is 5.43 Å². The second-order valence-electron chi connectivity index (χ2n) is 1.57. The summed E-state index contributed by atoms with van der Waals surface area (Å²) in [6, 6.07) is 0. The standard InChI is InChI=1S/C4H7N5/c1-3-2-6-4(7-5)9-8-3/h2H,5H2,1H3,(H,6,7,9). The molecule has 9 heavy (non-hydrogen) atoms. The molecule has 0 unspecified atom stereocenters. The fraction of sp³-hybridized carbons (Fsp3) is 0.250. The molecular weight excluding hydrogens is 118 g/mol. The Balaban J connectivity index is 2.88. The Kier molecular flexibility index (Phi) is 1.55. The summed E-state index contributed by atoms with van der Waals surface area (Å²) < 4.78 is 0. The van der Waals surface area contributed by atoms with Crippen LogP contribution in [0, 0.1) is 6.92 Å². The largest absolute Gasteiger partial charge is 0.291 e. The van der Waals surface area contributed by atoms with Crippen LogP contribution in [0.2, 0.25) is 0 Å². The molecule has 0 spiro atoms. The van der Waals surface area contributed by atoms with Gasteiger partial charge in [0.1, 0.15) is 0 Å². The van der Waals surface area contributed by atoms with Crippen LogP contribution in [-0.4, -0.2) is 15.2 Å². The number of nitrogens with zero attached hydrogens (tertiary/aromatic N) is 3. The van der Waals surface area contributed by atoms with Crippen LogP contribution in [-0.2, 0) is 0 Å². The number of nitrogens with two attached hydrogens (primary N) is 1. The molecule has 0 saturated carbocycles. The minimum atomic E-state index is 0.334. The Bertz CT molecular complexity index is 181. The SMILES string of the molecule is Cc1cnc(NN)nn1. The molecule has 3 N–H and O–H groups in total. The number of hydrazine groups is 1. The maximum absolute atomic E-state index is 4.98. The molecule has 5 nitrogen and oxygen atoms in total. The predicted molar refractivity (Wildman–Crippen MR) is 32.4 cm³/mol. The molecule has 0 aliphatic carbocycles. The van der Waals surface area contributed by atoms with E-state index in [-0.39, 0.29) is 0 Å². The first-order valence-electron chi connectivity index (χ1n) is 2.46. The fourth-order valence-electron chi connectivity index (χ4n) is 0.399. The molecule has 1 rings (SSSR count). The summed E-state index contributed by atoms with van der Waals surface area (Å²) in [5, 5.41) is 7.29. The molecule has 0 atom stereocenters. The van der Waals surface area contributed by atoms with Crippen molar-refractivity contribution in [1.82, 2.24) is 15.2 Å². The van der Waals surface area contributed by atoms with Crippen molar-refractivity contribution < 1.29 is 0 Å². The van der Waals surface area contributed by atoms with Gasteiger partial charge in [0.15, 0.2) is 0 Å². The van der Waals surface area contributed by atoms with Gasteiger partial charge in [-0.2, -0.15) is 5.10 Å². The third-order valence-electron chi connectivity index (χ3n) is 0.805. The summed E-state index contributed by atoms with van der Waals surface area (Å²) in [6.45, 7) is 1.81. The van der Waals surface area contributed by atoms with E-state index in [1.807, 2.05) is 0 Å². The van der Waals surface area contributed by atoms with Crippen LogP contribution in [0.25, 0.3) is 0 Å². The van der Waals surface area contributed by atoms with E-state index in [0.717, 1.165) is 5.69 Å². The summed E-state index contributed by atoms with van der Waals surface area (Å²) in [7, 11) is 0. The minimum Gasteiger partial charge on any atom is -0.291 e. The van der Waals surface area contributed by atoms with Crippen molar-refractivity contribution in [3.8, 4) is 0 Å². The van der Waals surface area contributed by atoms with Crippen LogP contribution >= 0.6 is 0 Å². The van der Waals surface area contributed by atoms with E-state index in [0.29, 0.717) is 5.95 Å². The molecule has 0 aliphatic rings. The van der Waals surface area contributed by atoms with Gasteiger partial charge < -0.3 is 0 Å². The lowest BCUT2D eigenvalue weighted by Gasteiger charge is -1.93. The van der Waals surface area contributed by atoms with Gasteiger partial charge in [-0.3, -0.25) is 5.43 Å². The monoisotopic (exact) mass is 125 g/mol. The van der Waals surface area contributed by atoms with Gasteiger partial charge in [-0.05, 0) is 6.92 Å². The number of nitrogen functional groups attached to an aromatic ring is 1. The summed E-state index contributed by atoms with van der Waals surface area (Å²) in [5.41, 5.74) is 3.04. The van der Waals surface area contributed by atoms with Gasteiger partial charge in [-0.15, -0.1) is 5.10 Å². The highest BCUT2D eigenvalue weighted by Gasteiger charge is 1.89. The first kappa shape index (κ1) is 5.90. The van der Waals surface area contributed by atoms with Crippen molar-refractivity contribution in [3.63, 3.8) is 0 Å². The van der Waals surface area contributed by atoms with E-state index in [1.54, 1.807) is 13.1 Å². The average molecular weight is 125 g/mol. The lowest BCUT2D eigenvalue weighted by atomic mass is 10.6. The molecule has 0 amide bonds. The normalized spacial score (nSPS) is 9.11. The highest BCUT2D eigenvalue weighted by atomic mass is 15.3. The molecule has 1 aromatic heterocycles. The predicted octanol–water partition coefficient (Wildman–Crippen LogP) is -0.534. The fourth-order valence-corrected chi connectivity index (χ4v) is 0.399. The summed E-state index contributed by atoms with van der Waals surface area (Å²) in [5.74, 6) is 5.32. The van der Waals surface area contributed by atoms with E-state index in [4.69, 9.17) is 5.84 Å². The van der Waals surface area contributed by atoms with Crippen LogP contribution in [0.15, 0.2) is 6.20 Å². The quantitative estimate of drug-likeness (QED) is 0.389. The van der Waals surface area contributed by atoms with Crippen LogP contribution < -0.4 is 11.3 Å². The zero-order valence-electron chi connectivity index (χ0n) is 5.00. The molecule has 0 fully saturated rings. The smallest absolute Gasteiger partial charge is 0.256 e. The Morgan fingerprint density at radius 2 is 2.33 bits per heavy atom. The first-order valence-corrected chi connectivity index (χ1v) is 2.46. The van der Waals surface area contributed by atoms with Gasteiger partial charge in [0.25, 0.3) is 5.95 Å². The van der Waals surface area contributed by atoms with Crippen LogP contribution in [0.5, 0.6) is 0 Å². The Morgan fingerprint density at radius 1 is 1.56 bits per heavy atom. The van der Waals surface area contributed by atoms with Crippen LogP contribution in [0.4, 0.5) is 5.95 Å². The summed E-state index contributed by atoms with van der Waals surface area (Å²) in [4.78, 5) is 3.79. The molecular formula is C4H7N5. The molecule has 0 radical (unpaired) electrons. The second kappa shape index (κ2) is 2.36. The van der Waals surface area contributed by atoms with Crippen molar-refractivity contribution >= 4 is 5.95 Å². The van der Waals surface area contributed by atoms with Crippen LogP contribution in [0.3, 0.4) is 0 Å². The molecule has 1 aromatic rings. The van der Waals surface area contributed by atoms with Gasteiger partial charge in [-0.1, -0.05) is 0 Å². The van der Waals surface area contributed by atoms with Crippen molar-refractivity contribution in [3.05, 3.63) is 11.9 Å². The summed E-state index contributed by atoms with van der Waals surface area (Å²) in [6.07, 6.45) is 1.59. The van der Waals surface area contributed by atoms with Gasteiger partial charge in [-0.25, -0.2) is 10.8 Å². The summed E-state index contributed by atoms with van der Waals surface area (Å²) >= 11 is 0. The topological polar surface area (TPSA) is 76.7 Å². The van der Waals surface area contributed by atoms with Crippen molar-refractivity contribution in [2.45, 2.75) is 6.92 Å². The van der Waals surface area contributed by atoms with Gasteiger partial charge in [0, 0.05) is 0 Å². The number of rotatable bonds is 1. The van der Waals surface area contributed by atoms with Gasteiger partial charge in [0.05, 0.1) is 11.9 Å². The maximum Gasteiger partial charge on any atom is 0.256 e. The zero-order chi connectivity index (χ0) is 6.69. The molecule has 0 aromatic carbocycles. The van der Waals surface area contributed by atoms with E-state index in [9.17, 15) is 0 Å². The average Bonchev–Trinajstić information content (AvgIpc) is 1.90. The third-order valence-corrected chi connectivity index (χ3v) is 0.805. The van der Waals surface area contributed by atoms with E-state index < -0.39 is 0 Å². The van der Waals surface area contributed by atoms with E-state index >= 15 is 0 Å². The number of hydrogen-bond donors (Lipinski definition) is 2. The van der Waals surface area contributed by atoms with Gasteiger partial charge >= 0.3 is 0 Å². The lowest BCUT2D eigenvalue weighted by molar-refractivity contribution is 0.922.